The van der Waals surface area contributed by atoms with Crippen LogP contribution in [0.15, 0.2) is 82.8 Å². The minimum atomic E-state index is -3.96. The normalized spacial score (nSPS) is 11.2. The van der Waals surface area contributed by atoms with E-state index in [-0.39, 0.29) is 11.4 Å². The zero-order valence-corrected chi connectivity index (χ0v) is 19.3. The van der Waals surface area contributed by atoms with E-state index in [2.05, 4.69) is 10.3 Å². The van der Waals surface area contributed by atoms with Crippen molar-refractivity contribution >= 4 is 45.0 Å². The van der Waals surface area contributed by atoms with E-state index in [1.165, 1.54) is 30.0 Å². The topological polar surface area (TPSA) is 79.4 Å². The first-order valence-electron chi connectivity index (χ1n) is 9.52. The minimum Gasteiger partial charge on any atom is -0.354 e. The van der Waals surface area contributed by atoms with Gasteiger partial charge in [-0.25, -0.2) is 13.4 Å². The fourth-order valence-corrected chi connectivity index (χ4v) is 5.07. The molecule has 1 aromatic heterocycles. The molecule has 6 nitrogen and oxygen atoms in total. The number of hydrogen-bond donors (Lipinski definition) is 1. The summed E-state index contributed by atoms with van der Waals surface area (Å²) in [6, 6.07) is 18.6. The molecule has 1 amide bonds. The van der Waals surface area contributed by atoms with Gasteiger partial charge in [-0.2, -0.15) is 0 Å². The second-order valence-electron chi connectivity index (χ2n) is 6.67. The van der Waals surface area contributed by atoms with Crippen molar-refractivity contribution in [3.63, 3.8) is 0 Å². The van der Waals surface area contributed by atoms with Crippen LogP contribution in [0.1, 0.15) is 5.56 Å². The zero-order valence-electron chi connectivity index (χ0n) is 16.9. The molecule has 0 fully saturated rings. The molecular weight excluding hydrogens is 454 g/mol. The number of thioether (sulfide) groups is 1. The van der Waals surface area contributed by atoms with E-state index >= 15 is 0 Å². The lowest BCUT2D eigenvalue weighted by atomic mass is 10.2. The summed E-state index contributed by atoms with van der Waals surface area (Å²) in [5.41, 5.74) is 1.27. The number of rotatable bonds is 9. The molecule has 0 unspecified atom stereocenters. The summed E-state index contributed by atoms with van der Waals surface area (Å²) in [5, 5.41) is 4.02. The number of benzene rings is 2. The van der Waals surface area contributed by atoms with E-state index in [0.29, 0.717) is 23.0 Å². The van der Waals surface area contributed by atoms with E-state index in [1.54, 1.807) is 36.5 Å². The van der Waals surface area contributed by atoms with Gasteiger partial charge in [0.15, 0.2) is 0 Å². The van der Waals surface area contributed by atoms with Crippen LogP contribution >= 0.6 is 23.4 Å². The van der Waals surface area contributed by atoms with Gasteiger partial charge in [0, 0.05) is 23.5 Å². The second-order valence-corrected chi connectivity index (χ2v) is 10.1. The highest BCUT2D eigenvalue weighted by Crippen LogP contribution is 2.26. The van der Waals surface area contributed by atoms with Gasteiger partial charge in [0.2, 0.25) is 5.91 Å². The van der Waals surface area contributed by atoms with E-state index in [1.807, 2.05) is 25.1 Å². The Balaban J connectivity index is 1.72. The third kappa shape index (κ3) is 6.46. The Labute approximate surface area is 191 Å². The number of nitrogens with zero attached hydrogens (tertiary/aromatic N) is 2. The lowest BCUT2D eigenvalue weighted by molar-refractivity contribution is -0.119. The summed E-state index contributed by atoms with van der Waals surface area (Å²) >= 11 is 7.58. The highest BCUT2D eigenvalue weighted by molar-refractivity contribution is 7.99. The quantitative estimate of drug-likeness (QED) is 0.371. The number of aryl methyl sites for hydroxylation is 1. The van der Waals surface area contributed by atoms with Crippen LogP contribution in [0.2, 0.25) is 5.02 Å². The molecule has 0 aliphatic rings. The standard InChI is InChI=1S/C22H22ClN3O3S2/c1-17-8-10-20(11-9-17)31(28,29)26(19-6-4-5-18(23)15-19)16-21(27)24-13-14-30-22-7-2-3-12-25-22/h2-12,15H,13-14,16H2,1H3,(H,24,27). The van der Waals surface area contributed by atoms with Crippen LogP contribution in [-0.4, -0.2) is 38.2 Å². The summed E-state index contributed by atoms with van der Waals surface area (Å²) in [6.07, 6.45) is 1.71. The van der Waals surface area contributed by atoms with Gasteiger partial charge >= 0.3 is 0 Å². The number of aromatic nitrogens is 1. The molecular formula is C22H22ClN3O3S2. The summed E-state index contributed by atoms with van der Waals surface area (Å²) in [6.45, 7) is 1.90. The number of sulfonamides is 1. The molecule has 1 heterocycles. The van der Waals surface area contributed by atoms with Gasteiger partial charge < -0.3 is 5.32 Å². The molecule has 0 aliphatic heterocycles. The average Bonchev–Trinajstić information content (AvgIpc) is 2.76. The van der Waals surface area contributed by atoms with Gasteiger partial charge in [-0.15, -0.1) is 11.8 Å². The van der Waals surface area contributed by atoms with Crippen molar-refractivity contribution in [2.45, 2.75) is 16.8 Å². The number of nitrogens with one attached hydrogen (secondary N) is 1. The van der Waals surface area contributed by atoms with Crippen LogP contribution in [0.25, 0.3) is 0 Å². The van der Waals surface area contributed by atoms with Crippen molar-refractivity contribution < 1.29 is 13.2 Å². The van der Waals surface area contributed by atoms with Gasteiger partial charge in [-0.05, 0) is 49.4 Å². The Bertz CT molecular complexity index is 1120. The Morgan fingerprint density at radius 3 is 2.55 bits per heavy atom. The first kappa shape index (κ1) is 23.1. The Morgan fingerprint density at radius 1 is 1.10 bits per heavy atom. The van der Waals surface area contributed by atoms with Crippen LogP contribution < -0.4 is 9.62 Å². The van der Waals surface area contributed by atoms with Crippen molar-refractivity contribution in [3.8, 4) is 0 Å². The fraction of sp³-hybridized carbons (Fsp3) is 0.182. The average molecular weight is 476 g/mol. The molecule has 0 radical (unpaired) electrons. The minimum absolute atomic E-state index is 0.108. The molecule has 0 saturated heterocycles. The molecule has 0 bridgehead atoms. The van der Waals surface area contributed by atoms with E-state index in [4.69, 9.17) is 11.6 Å². The molecule has 2 aromatic carbocycles. The van der Waals surface area contributed by atoms with Crippen LogP contribution in [0, 0.1) is 6.92 Å². The summed E-state index contributed by atoms with van der Waals surface area (Å²) in [5.74, 6) is 0.210. The molecule has 0 aliphatic carbocycles. The summed E-state index contributed by atoms with van der Waals surface area (Å²) in [7, 11) is -3.96. The molecule has 3 aromatic rings. The van der Waals surface area contributed by atoms with Gasteiger partial charge in [0.25, 0.3) is 10.0 Å². The molecule has 0 saturated carbocycles. The maximum Gasteiger partial charge on any atom is 0.264 e. The van der Waals surface area contributed by atoms with Crippen molar-refractivity contribution in [1.29, 1.82) is 0 Å². The molecule has 1 N–H and O–H groups in total. The van der Waals surface area contributed by atoms with E-state index in [9.17, 15) is 13.2 Å². The zero-order chi connectivity index (χ0) is 22.3. The maximum absolute atomic E-state index is 13.3. The van der Waals surface area contributed by atoms with Gasteiger partial charge in [-0.1, -0.05) is 41.4 Å². The van der Waals surface area contributed by atoms with Crippen LogP contribution in [0.5, 0.6) is 0 Å². The van der Waals surface area contributed by atoms with Crippen molar-refractivity contribution in [2.75, 3.05) is 23.1 Å². The van der Waals surface area contributed by atoms with Crippen LogP contribution in [0.3, 0.4) is 0 Å². The molecule has 9 heteroatoms. The first-order chi connectivity index (χ1) is 14.9. The fourth-order valence-electron chi connectivity index (χ4n) is 2.75. The van der Waals surface area contributed by atoms with Gasteiger partial charge in [-0.3, -0.25) is 9.10 Å². The molecule has 31 heavy (non-hydrogen) atoms. The van der Waals surface area contributed by atoms with Crippen LogP contribution in [-0.2, 0) is 14.8 Å². The Morgan fingerprint density at radius 2 is 1.87 bits per heavy atom. The lowest BCUT2D eigenvalue weighted by Gasteiger charge is -2.24. The Hall–Kier alpha value is -2.55. The third-order valence-corrected chi connectivity index (χ3v) is 7.27. The molecule has 0 spiro atoms. The molecule has 0 atom stereocenters. The Kier molecular flexibility index (Phi) is 7.95. The second kappa shape index (κ2) is 10.7. The third-order valence-electron chi connectivity index (χ3n) is 4.30. The number of amides is 1. The van der Waals surface area contributed by atoms with E-state index in [0.717, 1.165) is 14.9 Å². The predicted molar refractivity (Wildman–Crippen MR) is 125 cm³/mol. The largest absolute Gasteiger partial charge is 0.354 e. The van der Waals surface area contributed by atoms with E-state index < -0.39 is 15.9 Å². The van der Waals surface area contributed by atoms with Crippen molar-refractivity contribution in [3.05, 3.63) is 83.5 Å². The number of pyridine rings is 1. The van der Waals surface area contributed by atoms with Crippen molar-refractivity contribution in [2.24, 2.45) is 0 Å². The smallest absolute Gasteiger partial charge is 0.264 e. The van der Waals surface area contributed by atoms with Gasteiger partial charge in [0.05, 0.1) is 15.6 Å². The summed E-state index contributed by atoms with van der Waals surface area (Å²) < 4.78 is 27.7. The first-order valence-corrected chi connectivity index (χ1v) is 12.3. The number of anilines is 1. The SMILES string of the molecule is Cc1ccc(S(=O)(=O)N(CC(=O)NCCSc2ccccn2)c2cccc(Cl)c2)cc1. The van der Waals surface area contributed by atoms with Crippen molar-refractivity contribution in [1.82, 2.24) is 10.3 Å². The molecule has 3 rings (SSSR count). The van der Waals surface area contributed by atoms with Gasteiger partial charge in [0.1, 0.15) is 6.54 Å². The lowest BCUT2D eigenvalue weighted by Crippen LogP contribution is -2.41. The van der Waals surface area contributed by atoms with Crippen LogP contribution in [0.4, 0.5) is 5.69 Å². The monoisotopic (exact) mass is 475 g/mol. The highest BCUT2D eigenvalue weighted by Gasteiger charge is 2.27. The number of carbonyl (C=O) groups is 1. The highest BCUT2D eigenvalue weighted by atomic mass is 35.5. The number of hydrogen-bond acceptors (Lipinski definition) is 5. The maximum atomic E-state index is 13.3. The molecule has 162 valence electrons. The summed E-state index contributed by atoms with van der Waals surface area (Å²) in [4.78, 5) is 16.9. The predicted octanol–water partition coefficient (Wildman–Crippen LogP) is 4.15. The number of halogens is 1. The number of carbonyl (C=O) groups excluding carboxylic acids is 1.